The summed E-state index contributed by atoms with van der Waals surface area (Å²) in [5.74, 6) is 0. The van der Waals surface area contributed by atoms with Gasteiger partial charge in [0.15, 0.2) is 0 Å². The van der Waals surface area contributed by atoms with Crippen LogP contribution in [0.1, 0.15) is 23.4 Å². The Balaban J connectivity index is 2.34. The van der Waals surface area contributed by atoms with Gasteiger partial charge in [0.1, 0.15) is 0 Å². The first-order chi connectivity index (χ1) is 5.90. The molecule has 0 amide bonds. The van der Waals surface area contributed by atoms with E-state index in [9.17, 15) is 0 Å². The molecule has 0 saturated carbocycles. The third kappa shape index (κ3) is 1.18. The van der Waals surface area contributed by atoms with Gasteiger partial charge in [0.2, 0.25) is 0 Å². The molecule has 0 fully saturated rings. The van der Waals surface area contributed by atoms with Gasteiger partial charge in [-0.3, -0.25) is 4.98 Å². The molecule has 1 aliphatic rings. The first-order valence-electron chi connectivity index (χ1n) is 4.25. The lowest BCUT2D eigenvalue weighted by Gasteiger charge is -1.99. The Morgan fingerprint density at radius 3 is 3.17 bits per heavy atom. The van der Waals surface area contributed by atoms with Crippen molar-refractivity contribution in [3.05, 3.63) is 29.1 Å². The summed E-state index contributed by atoms with van der Waals surface area (Å²) in [5.41, 5.74) is 3.50. The molecule has 0 bridgehead atoms. The van der Waals surface area contributed by atoms with Gasteiger partial charge in [-0.1, -0.05) is 6.07 Å². The van der Waals surface area contributed by atoms with Gasteiger partial charge in [-0.05, 0) is 30.9 Å². The highest BCUT2D eigenvalue weighted by Gasteiger charge is 2.11. The third-order valence-electron chi connectivity index (χ3n) is 2.25. The Labute approximate surface area is 71.9 Å². The number of aromatic nitrogens is 1. The zero-order valence-corrected chi connectivity index (χ0v) is 6.88. The van der Waals surface area contributed by atoms with Gasteiger partial charge in [-0.15, -0.1) is 0 Å². The maximum atomic E-state index is 8.48. The van der Waals surface area contributed by atoms with E-state index >= 15 is 0 Å². The molecule has 0 radical (unpaired) electrons. The predicted molar refractivity (Wildman–Crippen MR) is 45.6 cm³/mol. The Bertz CT molecular complexity index is 336. The second-order valence-corrected chi connectivity index (χ2v) is 3.10. The molecule has 1 heterocycles. The summed E-state index contributed by atoms with van der Waals surface area (Å²) < 4.78 is 0. The van der Waals surface area contributed by atoms with Crippen molar-refractivity contribution in [1.82, 2.24) is 4.98 Å². The molecule has 2 rings (SSSR count). The number of nitriles is 1. The van der Waals surface area contributed by atoms with Crippen molar-refractivity contribution in [2.45, 2.75) is 25.7 Å². The summed E-state index contributed by atoms with van der Waals surface area (Å²) in [6.07, 6.45) is 3.91. The molecule has 0 aliphatic heterocycles. The van der Waals surface area contributed by atoms with Crippen LogP contribution in [0.3, 0.4) is 0 Å². The Kier molecular flexibility index (Phi) is 1.79. The molecule has 0 aromatic carbocycles. The fourth-order valence-corrected chi connectivity index (χ4v) is 1.65. The normalized spacial score (nSPS) is 13.9. The summed E-state index contributed by atoms with van der Waals surface area (Å²) in [6.45, 7) is 0. The van der Waals surface area contributed by atoms with Crippen LogP contribution in [-0.4, -0.2) is 4.98 Å². The van der Waals surface area contributed by atoms with Crippen molar-refractivity contribution < 1.29 is 0 Å². The predicted octanol–water partition coefficient (Wildman–Crippen LogP) is 1.64. The van der Waals surface area contributed by atoms with Crippen molar-refractivity contribution in [3.63, 3.8) is 0 Å². The van der Waals surface area contributed by atoms with Gasteiger partial charge < -0.3 is 0 Å². The average Bonchev–Trinajstić information content (AvgIpc) is 2.51. The molecule has 0 unspecified atom stereocenters. The summed E-state index contributed by atoms with van der Waals surface area (Å²) in [6, 6.07) is 6.19. The second-order valence-electron chi connectivity index (χ2n) is 3.10. The lowest BCUT2D eigenvalue weighted by Crippen LogP contribution is -1.93. The van der Waals surface area contributed by atoms with E-state index in [1.165, 1.54) is 17.7 Å². The van der Waals surface area contributed by atoms with Crippen LogP contribution in [0, 0.1) is 11.3 Å². The van der Waals surface area contributed by atoms with Crippen molar-refractivity contribution in [2.75, 3.05) is 0 Å². The van der Waals surface area contributed by atoms with Crippen molar-refractivity contribution >= 4 is 0 Å². The fraction of sp³-hybridized carbons (Fsp3) is 0.400. The van der Waals surface area contributed by atoms with Gasteiger partial charge in [0.25, 0.3) is 0 Å². The summed E-state index contributed by atoms with van der Waals surface area (Å²) in [4.78, 5) is 4.42. The van der Waals surface area contributed by atoms with Crippen LogP contribution in [0.5, 0.6) is 0 Å². The van der Waals surface area contributed by atoms with Gasteiger partial charge in [-0.25, -0.2) is 0 Å². The van der Waals surface area contributed by atoms with E-state index in [0.29, 0.717) is 6.42 Å². The Hall–Kier alpha value is -1.36. The molecule has 2 heteroatoms. The molecule has 1 aromatic rings. The monoisotopic (exact) mass is 158 g/mol. The molecular weight excluding hydrogens is 148 g/mol. The summed E-state index contributed by atoms with van der Waals surface area (Å²) in [7, 11) is 0. The van der Waals surface area contributed by atoms with Gasteiger partial charge in [0, 0.05) is 5.69 Å². The SMILES string of the molecule is N#CCc1ccc2c(n1)CCC2. The lowest BCUT2D eigenvalue weighted by atomic mass is 10.2. The Morgan fingerprint density at radius 2 is 2.33 bits per heavy atom. The van der Waals surface area contributed by atoms with E-state index in [1.54, 1.807) is 0 Å². The van der Waals surface area contributed by atoms with Crippen molar-refractivity contribution in [1.29, 1.82) is 5.26 Å². The lowest BCUT2D eigenvalue weighted by molar-refractivity contribution is 0.895. The van der Waals surface area contributed by atoms with E-state index in [1.807, 2.05) is 6.07 Å². The van der Waals surface area contributed by atoms with Crippen LogP contribution >= 0.6 is 0 Å². The van der Waals surface area contributed by atoms with E-state index in [4.69, 9.17) is 5.26 Å². The maximum Gasteiger partial charge on any atom is 0.0774 e. The topological polar surface area (TPSA) is 36.7 Å². The number of rotatable bonds is 1. The number of hydrogen-bond donors (Lipinski definition) is 0. The van der Waals surface area contributed by atoms with Crippen LogP contribution in [0.2, 0.25) is 0 Å². The number of fused-ring (bicyclic) bond motifs is 1. The highest BCUT2D eigenvalue weighted by molar-refractivity contribution is 5.27. The third-order valence-corrected chi connectivity index (χ3v) is 2.25. The minimum absolute atomic E-state index is 0.438. The summed E-state index contributed by atoms with van der Waals surface area (Å²) >= 11 is 0. The Morgan fingerprint density at radius 1 is 1.42 bits per heavy atom. The smallest absolute Gasteiger partial charge is 0.0774 e. The van der Waals surface area contributed by atoms with E-state index in [2.05, 4.69) is 17.1 Å². The first-order valence-corrected chi connectivity index (χ1v) is 4.25. The zero-order valence-electron chi connectivity index (χ0n) is 6.88. The van der Waals surface area contributed by atoms with E-state index in [-0.39, 0.29) is 0 Å². The average molecular weight is 158 g/mol. The molecule has 1 aliphatic carbocycles. The number of pyridine rings is 1. The number of nitrogens with zero attached hydrogens (tertiary/aromatic N) is 2. The van der Waals surface area contributed by atoms with E-state index in [0.717, 1.165) is 18.5 Å². The summed E-state index contributed by atoms with van der Waals surface area (Å²) in [5, 5.41) is 8.48. The first kappa shape index (κ1) is 7.30. The van der Waals surface area contributed by atoms with Crippen LogP contribution in [0.25, 0.3) is 0 Å². The van der Waals surface area contributed by atoms with Crippen LogP contribution < -0.4 is 0 Å². The largest absolute Gasteiger partial charge is 0.257 e. The minimum atomic E-state index is 0.438. The van der Waals surface area contributed by atoms with Crippen molar-refractivity contribution in [2.24, 2.45) is 0 Å². The van der Waals surface area contributed by atoms with Gasteiger partial charge in [0.05, 0.1) is 18.2 Å². The molecule has 0 N–H and O–H groups in total. The molecule has 0 spiro atoms. The quantitative estimate of drug-likeness (QED) is 0.623. The fourth-order valence-electron chi connectivity index (χ4n) is 1.65. The van der Waals surface area contributed by atoms with Crippen LogP contribution in [0.15, 0.2) is 12.1 Å². The molecule has 12 heavy (non-hydrogen) atoms. The molecule has 60 valence electrons. The van der Waals surface area contributed by atoms with Crippen molar-refractivity contribution in [3.8, 4) is 6.07 Å². The van der Waals surface area contributed by atoms with Crippen LogP contribution in [-0.2, 0) is 19.3 Å². The second kappa shape index (κ2) is 2.94. The van der Waals surface area contributed by atoms with Gasteiger partial charge in [-0.2, -0.15) is 5.26 Å². The van der Waals surface area contributed by atoms with E-state index < -0.39 is 0 Å². The molecule has 0 saturated heterocycles. The standard InChI is InChI=1S/C10H10N2/c11-7-6-9-5-4-8-2-1-3-10(8)12-9/h4-5H,1-3,6H2. The molecule has 0 atom stereocenters. The van der Waals surface area contributed by atoms with Crippen LogP contribution in [0.4, 0.5) is 0 Å². The molecule has 1 aromatic heterocycles. The number of aryl methyl sites for hydroxylation is 2. The minimum Gasteiger partial charge on any atom is -0.257 e. The highest BCUT2D eigenvalue weighted by atomic mass is 14.7. The molecule has 2 nitrogen and oxygen atoms in total. The number of hydrogen-bond acceptors (Lipinski definition) is 2. The highest BCUT2D eigenvalue weighted by Crippen LogP contribution is 2.19. The molecular formula is C10H10N2. The van der Waals surface area contributed by atoms with Gasteiger partial charge >= 0.3 is 0 Å². The zero-order chi connectivity index (χ0) is 8.39. The maximum absolute atomic E-state index is 8.48.